The monoisotopic (exact) mass is 250 g/mol. The van der Waals surface area contributed by atoms with Crippen LogP contribution in [-0.2, 0) is 25.8 Å². The molecule has 0 unspecified atom stereocenters. The second-order valence-electron chi connectivity index (χ2n) is 5.17. The highest BCUT2D eigenvalue weighted by Gasteiger charge is 2.30. The van der Waals surface area contributed by atoms with E-state index in [1.54, 1.807) is 28.1 Å². The van der Waals surface area contributed by atoms with E-state index in [0.717, 1.165) is 6.54 Å². The molecule has 0 fully saturated rings. The lowest BCUT2D eigenvalue weighted by atomic mass is 9.92. The summed E-state index contributed by atoms with van der Waals surface area (Å²) in [5, 5.41) is 3.52. The Morgan fingerprint density at radius 3 is 2.82 bits per heavy atom. The molecule has 4 rings (SSSR count). The van der Waals surface area contributed by atoms with E-state index in [1.165, 1.54) is 45.2 Å². The minimum atomic E-state index is 0. The first kappa shape index (κ1) is 11.4. The van der Waals surface area contributed by atoms with Gasteiger partial charge in [0.05, 0.1) is 0 Å². The molecule has 17 heavy (non-hydrogen) atoms. The second-order valence-corrected chi connectivity index (χ2v) is 5.17. The van der Waals surface area contributed by atoms with Gasteiger partial charge in [-0.3, -0.25) is 0 Å². The molecule has 2 nitrogen and oxygen atoms in total. The third kappa shape index (κ3) is 1.50. The van der Waals surface area contributed by atoms with Crippen molar-refractivity contribution in [3.8, 4) is 0 Å². The standard InChI is InChI=1S/C14H18N2.ClH/c1-2-10-6-9-16-13-5-8-15-7-4-11(13)12(3-1)14(10)16;/h2,15H,1,3-9H2;1H. The highest BCUT2D eigenvalue weighted by atomic mass is 35.5. The van der Waals surface area contributed by atoms with Gasteiger partial charge in [0.15, 0.2) is 0 Å². The lowest BCUT2D eigenvalue weighted by Crippen LogP contribution is -2.17. The van der Waals surface area contributed by atoms with Crippen molar-refractivity contribution in [3.05, 3.63) is 28.6 Å². The molecule has 3 aliphatic rings. The Morgan fingerprint density at radius 2 is 1.88 bits per heavy atom. The normalized spacial score (nSPS) is 21.1. The summed E-state index contributed by atoms with van der Waals surface area (Å²) in [4.78, 5) is 0. The Morgan fingerprint density at radius 1 is 1.00 bits per heavy atom. The van der Waals surface area contributed by atoms with Gasteiger partial charge in [0.2, 0.25) is 0 Å². The van der Waals surface area contributed by atoms with Crippen LogP contribution in [0.2, 0.25) is 0 Å². The van der Waals surface area contributed by atoms with Gasteiger partial charge >= 0.3 is 0 Å². The van der Waals surface area contributed by atoms with Crippen molar-refractivity contribution in [2.45, 2.75) is 38.6 Å². The van der Waals surface area contributed by atoms with Gasteiger partial charge < -0.3 is 9.88 Å². The molecule has 0 aromatic carbocycles. The van der Waals surface area contributed by atoms with E-state index in [-0.39, 0.29) is 12.4 Å². The van der Waals surface area contributed by atoms with Crippen molar-refractivity contribution in [1.82, 2.24) is 9.88 Å². The lowest BCUT2D eigenvalue weighted by molar-refractivity contribution is 0.673. The van der Waals surface area contributed by atoms with E-state index < -0.39 is 0 Å². The van der Waals surface area contributed by atoms with E-state index in [9.17, 15) is 0 Å². The highest BCUT2D eigenvalue weighted by molar-refractivity contribution is 5.85. The first-order chi connectivity index (χ1) is 7.95. The molecule has 2 aliphatic heterocycles. The van der Waals surface area contributed by atoms with Gasteiger partial charge in [-0.2, -0.15) is 0 Å². The summed E-state index contributed by atoms with van der Waals surface area (Å²) in [7, 11) is 0. The number of nitrogens with one attached hydrogen (secondary N) is 1. The maximum atomic E-state index is 3.52. The van der Waals surface area contributed by atoms with Crippen LogP contribution in [0.1, 0.15) is 35.4 Å². The number of rotatable bonds is 0. The summed E-state index contributed by atoms with van der Waals surface area (Å²) in [6.45, 7) is 3.57. The summed E-state index contributed by atoms with van der Waals surface area (Å²) in [5.74, 6) is 0. The van der Waals surface area contributed by atoms with Crippen molar-refractivity contribution in [2.75, 3.05) is 13.1 Å². The Hall–Kier alpha value is -0.730. The van der Waals surface area contributed by atoms with Gasteiger partial charge in [0.25, 0.3) is 0 Å². The van der Waals surface area contributed by atoms with Gasteiger partial charge in [-0.25, -0.2) is 0 Å². The molecule has 0 saturated carbocycles. The molecule has 3 heteroatoms. The number of hydrogen-bond acceptors (Lipinski definition) is 1. The molecule has 1 aromatic heterocycles. The van der Waals surface area contributed by atoms with Gasteiger partial charge in [0, 0.05) is 30.9 Å². The van der Waals surface area contributed by atoms with Crippen molar-refractivity contribution in [2.24, 2.45) is 0 Å². The SMILES string of the molecule is C1=C2CCn3c4c(c(c32)CC1)CCNCC4.Cl. The lowest BCUT2D eigenvalue weighted by Gasteiger charge is -2.11. The van der Waals surface area contributed by atoms with Crippen molar-refractivity contribution >= 4 is 18.0 Å². The van der Waals surface area contributed by atoms with Crippen molar-refractivity contribution in [1.29, 1.82) is 0 Å². The van der Waals surface area contributed by atoms with Gasteiger partial charge in [-0.1, -0.05) is 6.08 Å². The molecule has 0 bridgehead atoms. The van der Waals surface area contributed by atoms with Crippen molar-refractivity contribution in [3.63, 3.8) is 0 Å². The summed E-state index contributed by atoms with van der Waals surface area (Å²) in [5.41, 5.74) is 8.32. The van der Waals surface area contributed by atoms with Crippen LogP contribution < -0.4 is 5.32 Å². The van der Waals surface area contributed by atoms with E-state index >= 15 is 0 Å². The molecule has 1 N–H and O–H groups in total. The maximum Gasteiger partial charge on any atom is 0.0474 e. The molecule has 0 spiro atoms. The first-order valence-corrected chi connectivity index (χ1v) is 6.58. The Labute approximate surface area is 108 Å². The average Bonchev–Trinajstić information content (AvgIpc) is 2.76. The summed E-state index contributed by atoms with van der Waals surface area (Å²) in [6.07, 6.45) is 8.79. The van der Waals surface area contributed by atoms with Crippen LogP contribution in [0.4, 0.5) is 0 Å². The van der Waals surface area contributed by atoms with E-state index in [1.807, 2.05) is 0 Å². The predicted octanol–water partition coefficient (Wildman–Crippen LogP) is 2.33. The number of aromatic nitrogens is 1. The zero-order valence-electron chi connectivity index (χ0n) is 10.1. The molecule has 92 valence electrons. The van der Waals surface area contributed by atoms with Crippen LogP contribution >= 0.6 is 12.4 Å². The summed E-state index contributed by atoms with van der Waals surface area (Å²) >= 11 is 0. The van der Waals surface area contributed by atoms with Gasteiger partial charge in [0.1, 0.15) is 0 Å². The quantitative estimate of drug-likeness (QED) is 0.748. The van der Waals surface area contributed by atoms with E-state index in [2.05, 4.69) is 16.0 Å². The van der Waals surface area contributed by atoms with Gasteiger partial charge in [-0.15, -0.1) is 12.4 Å². The highest BCUT2D eigenvalue weighted by Crippen LogP contribution is 2.40. The van der Waals surface area contributed by atoms with Crippen molar-refractivity contribution < 1.29 is 0 Å². The smallest absolute Gasteiger partial charge is 0.0474 e. The Bertz CT molecular complexity index is 478. The van der Waals surface area contributed by atoms with E-state index in [0.29, 0.717) is 0 Å². The van der Waals surface area contributed by atoms with Crippen LogP contribution in [-0.4, -0.2) is 17.7 Å². The fourth-order valence-corrected chi connectivity index (χ4v) is 3.73. The third-order valence-electron chi connectivity index (χ3n) is 4.38. The fourth-order valence-electron chi connectivity index (χ4n) is 3.73. The van der Waals surface area contributed by atoms with Crippen LogP contribution in [0.5, 0.6) is 0 Å². The Kier molecular flexibility index (Phi) is 2.80. The largest absolute Gasteiger partial charge is 0.344 e. The first-order valence-electron chi connectivity index (χ1n) is 6.58. The minimum Gasteiger partial charge on any atom is -0.344 e. The van der Waals surface area contributed by atoms with Crippen LogP contribution in [0.15, 0.2) is 6.08 Å². The molecular formula is C14H19ClN2. The van der Waals surface area contributed by atoms with Crippen LogP contribution in [0.25, 0.3) is 5.57 Å². The van der Waals surface area contributed by atoms with Gasteiger partial charge in [-0.05, 0) is 48.9 Å². The number of allylic oxidation sites excluding steroid dienone is 2. The molecule has 1 aliphatic carbocycles. The number of fused-ring (bicyclic) bond motifs is 3. The summed E-state index contributed by atoms with van der Waals surface area (Å²) < 4.78 is 2.63. The Balaban J connectivity index is 0.000000902. The molecule has 0 saturated heterocycles. The topological polar surface area (TPSA) is 17.0 Å². The van der Waals surface area contributed by atoms with E-state index in [4.69, 9.17) is 0 Å². The second kappa shape index (κ2) is 4.18. The van der Waals surface area contributed by atoms with Crippen LogP contribution in [0.3, 0.4) is 0 Å². The predicted molar refractivity (Wildman–Crippen MR) is 72.9 cm³/mol. The number of hydrogen-bond donors (Lipinski definition) is 1. The summed E-state index contributed by atoms with van der Waals surface area (Å²) in [6, 6.07) is 0. The average molecular weight is 251 g/mol. The number of halogens is 1. The molecular weight excluding hydrogens is 232 g/mol. The third-order valence-corrected chi connectivity index (χ3v) is 4.38. The molecule has 3 heterocycles. The molecule has 0 radical (unpaired) electrons. The number of nitrogens with zero attached hydrogens (tertiary/aromatic N) is 1. The zero-order valence-corrected chi connectivity index (χ0v) is 10.9. The molecule has 0 atom stereocenters. The van der Waals surface area contributed by atoms with Crippen LogP contribution in [0, 0.1) is 0 Å². The maximum absolute atomic E-state index is 3.52. The minimum absolute atomic E-state index is 0. The molecule has 0 amide bonds. The fraction of sp³-hybridized carbons (Fsp3) is 0.571. The molecule has 1 aromatic rings. The zero-order chi connectivity index (χ0) is 10.5.